The summed E-state index contributed by atoms with van der Waals surface area (Å²) in [5.41, 5.74) is 1.09. The average Bonchev–Trinajstić information content (AvgIpc) is 2.71. The van der Waals surface area contributed by atoms with Gasteiger partial charge in [0.1, 0.15) is 17.8 Å². The third-order valence-corrected chi connectivity index (χ3v) is 4.67. The number of hydrogen-bond donors (Lipinski definition) is 0. The minimum absolute atomic E-state index is 0.193. The van der Waals surface area contributed by atoms with E-state index >= 15 is 0 Å². The Morgan fingerprint density at radius 1 is 1.06 bits per heavy atom. The van der Waals surface area contributed by atoms with E-state index in [4.69, 9.17) is 23.7 Å². The molecule has 0 aromatic carbocycles. The minimum Gasteiger partial charge on any atom is -0.495 e. The average molecular weight is 497 g/mol. The SMILES string of the molecule is C=C(C)C(=O)OC(C)(C)C.C=C(C)C(=O)OC(C)OCC.O=C(OCC1CCCCC1)C1=COC1. The van der Waals surface area contributed by atoms with Gasteiger partial charge in [0.05, 0.1) is 12.9 Å². The quantitative estimate of drug-likeness (QED) is 0.190. The molecule has 0 amide bonds. The second-order valence-electron chi connectivity index (χ2n) is 9.55. The molecule has 200 valence electrons. The molecule has 1 heterocycles. The Kier molecular flexibility index (Phi) is 15.7. The van der Waals surface area contributed by atoms with Crippen LogP contribution in [0.2, 0.25) is 0 Å². The highest BCUT2D eigenvalue weighted by Gasteiger charge is 2.21. The lowest BCUT2D eigenvalue weighted by Crippen LogP contribution is -2.23. The van der Waals surface area contributed by atoms with Crippen molar-refractivity contribution in [2.24, 2.45) is 5.92 Å². The van der Waals surface area contributed by atoms with Crippen molar-refractivity contribution in [2.45, 2.75) is 92.5 Å². The Labute approximate surface area is 210 Å². The topological polar surface area (TPSA) is 97.4 Å². The molecule has 0 aromatic heterocycles. The summed E-state index contributed by atoms with van der Waals surface area (Å²) in [4.78, 5) is 33.0. The van der Waals surface area contributed by atoms with Crippen molar-refractivity contribution in [1.82, 2.24) is 0 Å². The maximum atomic E-state index is 11.3. The maximum Gasteiger partial charge on any atom is 0.340 e. The molecule has 35 heavy (non-hydrogen) atoms. The smallest absolute Gasteiger partial charge is 0.340 e. The molecular weight excluding hydrogens is 452 g/mol. The molecule has 2 rings (SSSR count). The van der Waals surface area contributed by atoms with Gasteiger partial charge in [0.2, 0.25) is 0 Å². The summed E-state index contributed by atoms with van der Waals surface area (Å²) in [6.07, 6.45) is 7.32. The second-order valence-corrected chi connectivity index (χ2v) is 9.55. The van der Waals surface area contributed by atoms with Crippen LogP contribution < -0.4 is 0 Å². The molecule has 1 unspecified atom stereocenters. The van der Waals surface area contributed by atoms with Gasteiger partial charge >= 0.3 is 17.9 Å². The van der Waals surface area contributed by atoms with Gasteiger partial charge in [-0.05, 0) is 67.2 Å². The van der Waals surface area contributed by atoms with Gasteiger partial charge in [0.25, 0.3) is 0 Å². The van der Waals surface area contributed by atoms with E-state index in [1.807, 2.05) is 27.7 Å². The van der Waals surface area contributed by atoms with Crippen LogP contribution in [0.25, 0.3) is 0 Å². The molecule has 0 spiro atoms. The van der Waals surface area contributed by atoms with Crippen LogP contribution in [0, 0.1) is 5.92 Å². The van der Waals surface area contributed by atoms with Crippen LogP contribution in [0.4, 0.5) is 0 Å². The fraction of sp³-hybridized carbons (Fsp3) is 0.667. The number of carbonyl (C=O) groups excluding carboxylic acids is 3. The van der Waals surface area contributed by atoms with Crippen LogP contribution in [0.15, 0.2) is 36.1 Å². The van der Waals surface area contributed by atoms with Crippen LogP contribution in [0.5, 0.6) is 0 Å². The molecule has 8 nitrogen and oxygen atoms in total. The first-order chi connectivity index (χ1) is 16.3. The maximum absolute atomic E-state index is 11.3. The van der Waals surface area contributed by atoms with Gasteiger partial charge in [-0.1, -0.05) is 32.4 Å². The predicted octanol–water partition coefficient (Wildman–Crippen LogP) is 5.42. The monoisotopic (exact) mass is 496 g/mol. The van der Waals surface area contributed by atoms with Crippen molar-refractivity contribution >= 4 is 17.9 Å². The number of esters is 3. The Morgan fingerprint density at radius 3 is 1.97 bits per heavy atom. The molecule has 1 saturated carbocycles. The van der Waals surface area contributed by atoms with E-state index < -0.39 is 17.9 Å². The predicted molar refractivity (Wildman–Crippen MR) is 134 cm³/mol. The van der Waals surface area contributed by atoms with Crippen LogP contribution >= 0.6 is 0 Å². The summed E-state index contributed by atoms with van der Waals surface area (Å²) in [7, 11) is 0. The highest BCUT2D eigenvalue weighted by Crippen LogP contribution is 2.24. The molecule has 1 atom stereocenters. The fourth-order valence-corrected chi connectivity index (χ4v) is 2.80. The molecule has 8 heteroatoms. The Bertz CT molecular complexity index is 739. The standard InChI is InChI=1S/C11H16O3.C8H14O3.C8H14O2/c12-11(10-7-13-8-10)14-6-9-4-2-1-3-5-9;1-5-10-7(4)11-8(9)6(2)3;1-6(2)7(9)10-8(3,4)5/h7,9H,1-6,8H2;7H,2,5H2,1,3-4H3;1H2,2-5H3. The zero-order chi connectivity index (χ0) is 27.0. The summed E-state index contributed by atoms with van der Waals surface area (Å²) >= 11 is 0. The van der Waals surface area contributed by atoms with Gasteiger partial charge in [0, 0.05) is 17.8 Å². The number of hydrogen-bond acceptors (Lipinski definition) is 8. The highest BCUT2D eigenvalue weighted by atomic mass is 16.7. The van der Waals surface area contributed by atoms with E-state index in [9.17, 15) is 14.4 Å². The first kappa shape index (κ1) is 32.4. The molecule has 0 saturated heterocycles. The summed E-state index contributed by atoms with van der Waals surface area (Å²) in [6, 6.07) is 0. The third kappa shape index (κ3) is 16.6. The van der Waals surface area contributed by atoms with E-state index in [-0.39, 0.29) is 11.9 Å². The van der Waals surface area contributed by atoms with Gasteiger partial charge in [-0.15, -0.1) is 0 Å². The van der Waals surface area contributed by atoms with E-state index in [1.165, 1.54) is 38.4 Å². The lowest BCUT2D eigenvalue weighted by Gasteiger charge is -2.22. The van der Waals surface area contributed by atoms with E-state index in [0.29, 0.717) is 42.5 Å². The Hall–Kier alpha value is -2.61. The lowest BCUT2D eigenvalue weighted by atomic mass is 9.90. The van der Waals surface area contributed by atoms with Gasteiger partial charge < -0.3 is 23.7 Å². The molecule has 1 fully saturated rings. The van der Waals surface area contributed by atoms with Crippen LogP contribution in [-0.4, -0.2) is 49.6 Å². The molecule has 1 aliphatic carbocycles. The molecule has 0 N–H and O–H groups in total. The third-order valence-electron chi connectivity index (χ3n) is 4.67. The summed E-state index contributed by atoms with van der Waals surface area (Å²) in [5, 5.41) is 0. The largest absolute Gasteiger partial charge is 0.495 e. The van der Waals surface area contributed by atoms with Gasteiger partial charge in [-0.3, -0.25) is 0 Å². The molecule has 0 bridgehead atoms. The summed E-state index contributed by atoms with van der Waals surface area (Å²) < 4.78 is 24.7. The van der Waals surface area contributed by atoms with Crippen LogP contribution in [0.3, 0.4) is 0 Å². The first-order valence-electron chi connectivity index (χ1n) is 12.1. The van der Waals surface area contributed by atoms with Crippen molar-refractivity contribution in [2.75, 3.05) is 19.8 Å². The number of rotatable bonds is 8. The summed E-state index contributed by atoms with van der Waals surface area (Å²) in [6.45, 7) is 20.7. The zero-order valence-electron chi connectivity index (χ0n) is 22.6. The van der Waals surface area contributed by atoms with E-state index in [0.717, 1.165) is 0 Å². The highest BCUT2D eigenvalue weighted by molar-refractivity contribution is 5.89. The van der Waals surface area contributed by atoms with Crippen molar-refractivity contribution < 1.29 is 38.1 Å². The molecule has 0 radical (unpaired) electrons. The minimum atomic E-state index is -0.482. The lowest BCUT2D eigenvalue weighted by molar-refractivity contribution is -0.169. The Morgan fingerprint density at radius 2 is 1.60 bits per heavy atom. The molecular formula is C27H44O8. The van der Waals surface area contributed by atoms with E-state index in [1.54, 1.807) is 20.8 Å². The molecule has 2 aliphatic rings. The van der Waals surface area contributed by atoms with Gasteiger partial charge in [-0.2, -0.15) is 0 Å². The van der Waals surface area contributed by atoms with Crippen molar-refractivity contribution in [3.8, 4) is 0 Å². The van der Waals surface area contributed by atoms with Crippen LogP contribution in [0.1, 0.15) is 80.6 Å². The molecule has 0 aromatic rings. The summed E-state index contributed by atoms with van der Waals surface area (Å²) in [5.74, 6) is -0.338. The second kappa shape index (κ2) is 16.9. The zero-order valence-corrected chi connectivity index (χ0v) is 22.6. The van der Waals surface area contributed by atoms with Crippen molar-refractivity contribution in [3.05, 3.63) is 36.1 Å². The van der Waals surface area contributed by atoms with E-state index in [2.05, 4.69) is 13.2 Å². The van der Waals surface area contributed by atoms with Crippen molar-refractivity contribution in [3.63, 3.8) is 0 Å². The normalized spacial score (nSPS) is 15.7. The van der Waals surface area contributed by atoms with Gasteiger partial charge in [-0.25, -0.2) is 14.4 Å². The number of carbonyl (C=O) groups is 3. The van der Waals surface area contributed by atoms with Gasteiger partial charge in [0.15, 0.2) is 6.29 Å². The number of ether oxygens (including phenoxy) is 5. The fourth-order valence-electron chi connectivity index (χ4n) is 2.80. The molecule has 1 aliphatic heterocycles. The van der Waals surface area contributed by atoms with Crippen molar-refractivity contribution in [1.29, 1.82) is 0 Å². The Balaban J connectivity index is 0.000000507. The first-order valence-corrected chi connectivity index (χ1v) is 12.1. The van der Waals surface area contributed by atoms with Crippen LogP contribution in [-0.2, 0) is 38.1 Å².